The van der Waals surface area contributed by atoms with Gasteiger partial charge in [-0.2, -0.15) is 23.5 Å². The molecule has 3 rings (SSSR count). The van der Waals surface area contributed by atoms with Gasteiger partial charge in [-0.3, -0.25) is 0 Å². The summed E-state index contributed by atoms with van der Waals surface area (Å²) in [7, 11) is 0. The van der Waals surface area contributed by atoms with Crippen LogP contribution in [-0.2, 0) is 6.54 Å². The van der Waals surface area contributed by atoms with E-state index in [-0.39, 0.29) is 5.56 Å². The van der Waals surface area contributed by atoms with E-state index in [0.717, 1.165) is 17.8 Å². The van der Waals surface area contributed by atoms with Gasteiger partial charge in [0.2, 0.25) is 0 Å². The van der Waals surface area contributed by atoms with Crippen LogP contribution >= 0.6 is 23.5 Å². The van der Waals surface area contributed by atoms with Gasteiger partial charge in [0.05, 0.1) is 17.6 Å². The van der Waals surface area contributed by atoms with Gasteiger partial charge < -0.3 is 5.11 Å². The molecule has 0 aliphatic carbocycles. The molecule has 1 unspecified atom stereocenters. The Morgan fingerprint density at radius 3 is 3.11 bits per heavy atom. The van der Waals surface area contributed by atoms with Crippen molar-refractivity contribution < 1.29 is 9.90 Å². The molecule has 0 saturated carbocycles. The molecule has 0 bridgehead atoms. The first-order chi connectivity index (χ1) is 9.24. The first-order valence-corrected chi connectivity index (χ1v) is 8.20. The van der Waals surface area contributed by atoms with Crippen LogP contribution < -0.4 is 0 Å². The molecule has 0 radical (unpaired) electrons. The van der Waals surface area contributed by atoms with Gasteiger partial charge in [0.25, 0.3) is 0 Å². The fourth-order valence-electron chi connectivity index (χ4n) is 2.07. The van der Waals surface area contributed by atoms with Gasteiger partial charge in [-0.25, -0.2) is 9.48 Å². The quantitative estimate of drug-likeness (QED) is 0.934. The summed E-state index contributed by atoms with van der Waals surface area (Å²) in [4.78, 5) is 10.9. The molecule has 100 valence electrons. The van der Waals surface area contributed by atoms with Crippen molar-refractivity contribution in [2.24, 2.45) is 0 Å². The summed E-state index contributed by atoms with van der Waals surface area (Å²) >= 11 is 3.95. The van der Waals surface area contributed by atoms with Gasteiger partial charge in [-0.05, 0) is 18.2 Å². The van der Waals surface area contributed by atoms with Crippen LogP contribution in [0, 0.1) is 0 Å². The van der Waals surface area contributed by atoms with Gasteiger partial charge in [0, 0.05) is 22.5 Å². The minimum Gasteiger partial charge on any atom is -0.478 e. The Labute approximate surface area is 118 Å². The molecule has 1 atom stereocenters. The number of rotatable bonds is 3. The number of carboxylic acids is 1. The molecule has 19 heavy (non-hydrogen) atoms. The molecule has 1 saturated heterocycles. The van der Waals surface area contributed by atoms with E-state index in [1.165, 1.54) is 11.5 Å². The average Bonchev–Trinajstić information content (AvgIpc) is 2.82. The topological polar surface area (TPSA) is 68.0 Å². The highest BCUT2D eigenvalue weighted by molar-refractivity contribution is 8.06. The number of carbonyl (C=O) groups is 1. The van der Waals surface area contributed by atoms with Crippen molar-refractivity contribution in [3.8, 4) is 0 Å². The van der Waals surface area contributed by atoms with E-state index in [2.05, 4.69) is 10.3 Å². The van der Waals surface area contributed by atoms with Gasteiger partial charge in [-0.15, -0.1) is 5.10 Å². The molecule has 7 heteroatoms. The van der Waals surface area contributed by atoms with Crippen LogP contribution in [0.15, 0.2) is 18.2 Å². The molecule has 0 spiro atoms. The van der Waals surface area contributed by atoms with E-state index >= 15 is 0 Å². The van der Waals surface area contributed by atoms with Crippen molar-refractivity contribution in [2.75, 3.05) is 17.3 Å². The van der Waals surface area contributed by atoms with E-state index in [1.54, 1.807) is 18.2 Å². The molecule has 1 fully saturated rings. The Balaban J connectivity index is 1.86. The van der Waals surface area contributed by atoms with Gasteiger partial charge >= 0.3 is 5.97 Å². The maximum atomic E-state index is 10.9. The summed E-state index contributed by atoms with van der Waals surface area (Å²) in [5.41, 5.74) is 1.80. The lowest BCUT2D eigenvalue weighted by Crippen LogP contribution is -2.21. The van der Waals surface area contributed by atoms with Crippen molar-refractivity contribution in [1.29, 1.82) is 0 Å². The molecule has 1 aromatic carbocycles. The highest BCUT2D eigenvalue weighted by Crippen LogP contribution is 2.26. The largest absolute Gasteiger partial charge is 0.478 e. The van der Waals surface area contributed by atoms with Crippen molar-refractivity contribution in [3.63, 3.8) is 0 Å². The van der Waals surface area contributed by atoms with E-state index < -0.39 is 5.97 Å². The first kappa shape index (κ1) is 12.8. The number of aromatic carboxylic acids is 1. The van der Waals surface area contributed by atoms with Gasteiger partial charge in [0.15, 0.2) is 0 Å². The maximum absolute atomic E-state index is 10.9. The Morgan fingerprint density at radius 1 is 1.47 bits per heavy atom. The summed E-state index contributed by atoms with van der Waals surface area (Å²) in [6.45, 7) is 0.834. The summed E-state index contributed by atoms with van der Waals surface area (Å²) in [6, 6.07) is 4.97. The Morgan fingerprint density at radius 2 is 2.37 bits per heavy atom. The van der Waals surface area contributed by atoms with E-state index in [9.17, 15) is 4.79 Å². The van der Waals surface area contributed by atoms with Crippen molar-refractivity contribution in [3.05, 3.63) is 23.8 Å². The highest BCUT2D eigenvalue weighted by Gasteiger charge is 2.17. The lowest BCUT2D eigenvalue weighted by Gasteiger charge is -2.20. The minimum absolute atomic E-state index is 0.252. The van der Waals surface area contributed by atoms with Crippen molar-refractivity contribution >= 4 is 40.5 Å². The van der Waals surface area contributed by atoms with E-state index in [4.69, 9.17) is 5.11 Å². The van der Waals surface area contributed by atoms with Crippen molar-refractivity contribution in [2.45, 2.75) is 11.8 Å². The van der Waals surface area contributed by atoms with Crippen LogP contribution in [0.3, 0.4) is 0 Å². The molecule has 2 aromatic rings. The van der Waals surface area contributed by atoms with E-state index in [1.807, 2.05) is 28.2 Å². The Bertz CT molecular complexity index is 608. The molecule has 1 aliphatic heterocycles. The average molecular weight is 295 g/mol. The number of aromatic nitrogens is 3. The first-order valence-electron chi connectivity index (χ1n) is 6.00. The number of hydrogen-bond donors (Lipinski definition) is 1. The molecule has 2 heterocycles. The third-order valence-electron chi connectivity index (χ3n) is 3.02. The fraction of sp³-hybridized carbons (Fsp3) is 0.417. The molecule has 0 amide bonds. The maximum Gasteiger partial charge on any atom is 0.335 e. The number of benzene rings is 1. The van der Waals surface area contributed by atoms with Crippen LogP contribution in [0.1, 0.15) is 10.4 Å². The minimum atomic E-state index is -0.935. The van der Waals surface area contributed by atoms with Crippen LogP contribution in [0.5, 0.6) is 0 Å². The summed E-state index contributed by atoms with van der Waals surface area (Å²) in [5.74, 6) is 2.61. The van der Waals surface area contributed by atoms with E-state index in [0.29, 0.717) is 10.8 Å². The molecule has 1 aliphatic rings. The normalized spacial score (nSPS) is 19.7. The van der Waals surface area contributed by atoms with Gasteiger partial charge in [-0.1, -0.05) is 5.21 Å². The lowest BCUT2D eigenvalue weighted by molar-refractivity contribution is 0.0697. The smallest absolute Gasteiger partial charge is 0.335 e. The molecule has 1 aromatic heterocycles. The second-order valence-electron chi connectivity index (χ2n) is 4.35. The number of thioether (sulfide) groups is 2. The Kier molecular flexibility index (Phi) is 3.65. The second-order valence-corrected chi connectivity index (χ2v) is 6.91. The molecule has 5 nitrogen and oxygen atoms in total. The fourth-order valence-corrected chi connectivity index (χ4v) is 4.72. The zero-order valence-corrected chi connectivity index (χ0v) is 11.8. The van der Waals surface area contributed by atoms with Crippen LogP contribution in [0.4, 0.5) is 0 Å². The van der Waals surface area contributed by atoms with Crippen LogP contribution in [0.2, 0.25) is 0 Å². The summed E-state index contributed by atoms with van der Waals surface area (Å²) in [6.07, 6.45) is 0. The predicted octanol–water partition coefficient (Wildman–Crippen LogP) is 1.98. The van der Waals surface area contributed by atoms with Crippen LogP contribution in [-0.4, -0.2) is 48.6 Å². The number of nitrogens with zero attached hydrogens (tertiary/aromatic N) is 3. The molecular weight excluding hydrogens is 282 g/mol. The number of hydrogen-bond acceptors (Lipinski definition) is 5. The lowest BCUT2D eigenvalue weighted by atomic mass is 10.2. The predicted molar refractivity (Wildman–Crippen MR) is 78.1 cm³/mol. The SMILES string of the molecule is O=C(O)c1ccc2c(c1)nnn2CC1CSCCS1. The van der Waals surface area contributed by atoms with Crippen molar-refractivity contribution in [1.82, 2.24) is 15.0 Å². The zero-order chi connectivity index (χ0) is 13.2. The monoisotopic (exact) mass is 295 g/mol. The number of fused-ring (bicyclic) bond motifs is 1. The standard InChI is InChI=1S/C12H13N3O2S2/c16-12(17)8-1-2-11-10(5-8)13-14-15(11)6-9-7-18-3-4-19-9/h1-2,5,9H,3-4,6-7H2,(H,16,17). The third-order valence-corrected chi connectivity index (χ3v) is 5.85. The summed E-state index contributed by atoms with van der Waals surface area (Å²) in [5, 5.41) is 17.7. The van der Waals surface area contributed by atoms with Crippen LogP contribution in [0.25, 0.3) is 11.0 Å². The Hall–Kier alpha value is -1.21. The second kappa shape index (κ2) is 5.42. The molecule has 1 N–H and O–H groups in total. The summed E-state index contributed by atoms with van der Waals surface area (Å²) < 4.78 is 1.88. The third kappa shape index (κ3) is 2.71. The molecular formula is C12H13N3O2S2. The highest BCUT2D eigenvalue weighted by atomic mass is 32.2. The van der Waals surface area contributed by atoms with Gasteiger partial charge in [0.1, 0.15) is 5.52 Å². The zero-order valence-electron chi connectivity index (χ0n) is 10.2. The number of carboxylic acid groups (broad SMARTS) is 1.